The Morgan fingerprint density at radius 2 is 2.05 bits per heavy atom. The number of hydrogen-bond donors (Lipinski definition) is 1. The Balaban J connectivity index is 2.34. The van der Waals surface area contributed by atoms with E-state index in [2.05, 4.69) is 31.2 Å². The summed E-state index contributed by atoms with van der Waals surface area (Å²) in [6.07, 6.45) is 1.92. The molecule has 0 saturated carbocycles. The van der Waals surface area contributed by atoms with Crippen molar-refractivity contribution in [2.45, 2.75) is 40.3 Å². The summed E-state index contributed by atoms with van der Waals surface area (Å²) >= 11 is 6.17. The topological polar surface area (TPSA) is 29.9 Å². The van der Waals surface area contributed by atoms with Crippen LogP contribution in [0.25, 0.3) is 5.69 Å². The molecule has 0 aliphatic rings. The van der Waals surface area contributed by atoms with Gasteiger partial charge in [0.05, 0.1) is 11.9 Å². The van der Waals surface area contributed by atoms with Gasteiger partial charge in [-0.3, -0.25) is 0 Å². The van der Waals surface area contributed by atoms with E-state index in [0.29, 0.717) is 6.04 Å². The van der Waals surface area contributed by atoms with Crippen LogP contribution in [-0.4, -0.2) is 15.8 Å². The Bertz CT molecular complexity index is 573. The van der Waals surface area contributed by atoms with Gasteiger partial charge in [-0.1, -0.05) is 31.5 Å². The van der Waals surface area contributed by atoms with E-state index in [9.17, 15) is 0 Å². The molecule has 0 radical (unpaired) electrons. The van der Waals surface area contributed by atoms with Gasteiger partial charge in [0.25, 0.3) is 0 Å². The fourth-order valence-electron chi connectivity index (χ4n) is 2.00. The fraction of sp³-hybridized carbons (Fsp3) is 0.400. The average molecular weight is 278 g/mol. The Hall–Kier alpha value is -1.32. The van der Waals surface area contributed by atoms with Gasteiger partial charge in [0.2, 0.25) is 0 Å². The van der Waals surface area contributed by atoms with Crippen molar-refractivity contribution < 1.29 is 0 Å². The number of nitrogens with one attached hydrogen (secondary N) is 1. The van der Waals surface area contributed by atoms with Crippen molar-refractivity contribution in [1.29, 1.82) is 0 Å². The van der Waals surface area contributed by atoms with Crippen LogP contribution in [0.5, 0.6) is 0 Å². The summed E-state index contributed by atoms with van der Waals surface area (Å²) in [6.45, 7) is 9.22. The third kappa shape index (κ3) is 2.99. The smallest absolute Gasteiger partial charge is 0.0692 e. The maximum absolute atomic E-state index is 6.17. The molecule has 102 valence electrons. The Kier molecular flexibility index (Phi) is 4.27. The second-order valence-corrected chi connectivity index (χ2v) is 5.49. The minimum Gasteiger partial charge on any atom is -0.310 e. The van der Waals surface area contributed by atoms with Crippen molar-refractivity contribution in [3.05, 3.63) is 46.2 Å². The fourth-order valence-corrected chi connectivity index (χ4v) is 2.17. The van der Waals surface area contributed by atoms with Crippen molar-refractivity contribution in [2.24, 2.45) is 0 Å². The lowest BCUT2D eigenvalue weighted by atomic mass is 10.2. The molecule has 1 aromatic heterocycles. The van der Waals surface area contributed by atoms with Crippen molar-refractivity contribution in [2.75, 3.05) is 0 Å². The largest absolute Gasteiger partial charge is 0.310 e. The third-order valence-corrected chi connectivity index (χ3v) is 3.69. The molecule has 0 atom stereocenters. The number of rotatable bonds is 4. The van der Waals surface area contributed by atoms with Crippen LogP contribution in [0.1, 0.15) is 30.7 Å². The standard InChI is InChI=1S/C15H20ClN3/c1-10(2)17-8-13-9-18-19(12(13)4)15-7-5-6-14(16)11(15)3/h5-7,9-10,17H,8H2,1-4H3. The minimum atomic E-state index is 0.468. The molecule has 0 bridgehead atoms. The van der Waals surface area contributed by atoms with E-state index in [-0.39, 0.29) is 0 Å². The lowest BCUT2D eigenvalue weighted by Gasteiger charge is -2.11. The highest BCUT2D eigenvalue weighted by Gasteiger charge is 2.11. The molecule has 0 saturated heterocycles. The van der Waals surface area contributed by atoms with Crippen molar-refractivity contribution in [1.82, 2.24) is 15.1 Å². The molecule has 2 aromatic rings. The van der Waals surface area contributed by atoms with Crippen molar-refractivity contribution in [3.63, 3.8) is 0 Å². The summed E-state index contributed by atoms with van der Waals surface area (Å²) in [5.41, 5.74) is 4.46. The van der Waals surface area contributed by atoms with E-state index >= 15 is 0 Å². The van der Waals surface area contributed by atoms with E-state index in [1.807, 2.05) is 36.0 Å². The summed E-state index contributed by atoms with van der Waals surface area (Å²) in [5.74, 6) is 0. The van der Waals surface area contributed by atoms with Crippen molar-refractivity contribution in [3.8, 4) is 5.69 Å². The number of nitrogens with zero attached hydrogens (tertiary/aromatic N) is 2. The first-order chi connectivity index (χ1) is 9.00. The summed E-state index contributed by atoms with van der Waals surface area (Å²) in [4.78, 5) is 0. The zero-order valence-electron chi connectivity index (χ0n) is 11.9. The molecule has 0 amide bonds. The van der Waals surface area contributed by atoms with Crippen LogP contribution in [-0.2, 0) is 6.54 Å². The molecule has 1 N–H and O–H groups in total. The molecular weight excluding hydrogens is 258 g/mol. The monoisotopic (exact) mass is 277 g/mol. The number of benzene rings is 1. The number of aromatic nitrogens is 2. The predicted molar refractivity (Wildman–Crippen MR) is 80.0 cm³/mol. The molecule has 2 rings (SSSR count). The lowest BCUT2D eigenvalue weighted by Crippen LogP contribution is -2.22. The summed E-state index contributed by atoms with van der Waals surface area (Å²) in [7, 11) is 0. The molecule has 1 heterocycles. The molecular formula is C15H20ClN3. The summed E-state index contributed by atoms with van der Waals surface area (Å²) in [5, 5.41) is 8.67. The number of hydrogen-bond acceptors (Lipinski definition) is 2. The van der Waals surface area contributed by atoms with Gasteiger partial charge in [0, 0.05) is 28.9 Å². The molecule has 0 aliphatic heterocycles. The van der Waals surface area contributed by atoms with Crippen molar-refractivity contribution >= 4 is 11.6 Å². The highest BCUT2D eigenvalue weighted by molar-refractivity contribution is 6.31. The molecule has 0 unspecified atom stereocenters. The van der Waals surface area contributed by atoms with Crippen LogP contribution in [0, 0.1) is 13.8 Å². The Labute approximate surface area is 119 Å². The van der Waals surface area contributed by atoms with Gasteiger partial charge in [-0.15, -0.1) is 0 Å². The molecule has 19 heavy (non-hydrogen) atoms. The maximum Gasteiger partial charge on any atom is 0.0692 e. The van der Waals surface area contributed by atoms with E-state index in [1.54, 1.807) is 0 Å². The van der Waals surface area contributed by atoms with Gasteiger partial charge < -0.3 is 5.32 Å². The highest BCUT2D eigenvalue weighted by Crippen LogP contribution is 2.23. The van der Waals surface area contributed by atoms with Crippen LogP contribution < -0.4 is 5.32 Å². The predicted octanol–water partition coefficient (Wildman–Crippen LogP) is 3.64. The summed E-state index contributed by atoms with van der Waals surface area (Å²) < 4.78 is 1.96. The quantitative estimate of drug-likeness (QED) is 0.925. The molecule has 3 nitrogen and oxygen atoms in total. The van der Waals surface area contributed by atoms with Crippen LogP contribution in [0.3, 0.4) is 0 Å². The van der Waals surface area contributed by atoms with Gasteiger partial charge in [-0.2, -0.15) is 5.10 Å². The van der Waals surface area contributed by atoms with Gasteiger partial charge in [0.15, 0.2) is 0 Å². The molecule has 0 spiro atoms. The molecule has 0 fully saturated rings. The second kappa shape index (κ2) is 5.76. The molecule has 4 heteroatoms. The highest BCUT2D eigenvalue weighted by atomic mass is 35.5. The second-order valence-electron chi connectivity index (χ2n) is 5.09. The Morgan fingerprint density at radius 3 is 2.74 bits per heavy atom. The van der Waals surface area contributed by atoms with Crippen LogP contribution in [0.15, 0.2) is 24.4 Å². The van der Waals surface area contributed by atoms with E-state index in [0.717, 1.165) is 28.5 Å². The normalized spacial score (nSPS) is 11.3. The number of halogens is 1. The minimum absolute atomic E-state index is 0.468. The van der Waals surface area contributed by atoms with E-state index in [4.69, 9.17) is 11.6 Å². The first kappa shape index (κ1) is 14.1. The van der Waals surface area contributed by atoms with Gasteiger partial charge >= 0.3 is 0 Å². The average Bonchev–Trinajstić information content (AvgIpc) is 2.72. The van der Waals surface area contributed by atoms with Crippen LogP contribution >= 0.6 is 11.6 Å². The van der Waals surface area contributed by atoms with Gasteiger partial charge in [-0.05, 0) is 31.5 Å². The van der Waals surface area contributed by atoms with E-state index < -0.39 is 0 Å². The maximum atomic E-state index is 6.17. The van der Waals surface area contributed by atoms with E-state index in [1.165, 1.54) is 5.56 Å². The van der Waals surface area contributed by atoms with Crippen LogP contribution in [0.2, 0.25) is 5.02 Å². The zero-order chi connectivity index (χ0) is 14.0. The lowest BCUT2D eigenvalue weighted by molar-refractivity contribution is 0.587. The zero-order valence-corrected chi connectivity index (χ0v) is 12.6. The third-order valence-electron chi connectivity index (χ3n) is 3.28. The van der Waals surface area contributed by atoms with Crippen LogP contribution in [0.4, 0.5) is 0 Å². The summed E-state index contributed by atoms with van der Waals surface area (Å²) in [6, 6.07) is 6.37. The van der Waals surface area contributed by atoms with Gasteiger partial charge in [0.1, 0.15) is 0 Å². The molecule has 1 aromatic carbocycles. The first-order valence-corrected chi connectivity index (χ1v) is 6.91. The molecule has 0 aliphatic carbocycles. The Morgan fingerprint density at radius 1 is 1.32 bits per heavy atom. The SMILES string of the molecule is Cc1c(Cl)cccc1-n1ncc(CNC(C)C)c1C. The van der Waals surface area contributed by atoms with Gasteiger partial charge in [-0.25, -0.2) is 4.68 Å². The first-order valence-electron chi connectivity index (χ1n) is 6.53.